The lowest BCUT2D eigenvalue weighted by molar-refractivity contribution is -0.167. The maximum absolute atomic E-state index is 12.9. The molecule has 0 saturated heterocycles. The summed E-state index contributed by atoms with van der Waals surface area (Å²) >= 11 is 0. The predicted octanol–water partition coefficient (Wildman–Crippen LogP) is 21.9. The van der Waals surface area contributed by atoms with Crippen LogP contribution in [0.1, 0.15) is 335 Å². The van der Waals surface area contributed by atoms with Gasteiger partial charge in [-0.3, -0.25) is 14.4 Å². The number of hydrogen-bond donors (Lipinski definition) is 0. The van der Waals surface area contributed by atoms with Gasteiger partial charge in [0.1, 0.15) is 13.2 Å². The van der Waals surface area contributed by atoms with Crippen LogP contribution in [0.25, 0.3) is 0 Å². The molecule has 0 rings (SSSR count). The van der Waals surface area contributed by atoms with Gasteiger partial charge in [-0.15, -0.1) is 0 Å². The van der Waals surface area contributed by atoms with Gasteiger partial charge in [0.25, 0.3) is 0 Å². The number of carbonyl (C=O) groups is 3. The fourth-order valence-corrected chi connectivity index (χ4v) is 9.36. The van der Waals surface area contributed by atoms with Gasteiger partial charge in [-0.2, -0.15) is 0 Å². The van der Waals surface area contributed by atoms with E-state index in [9.17, 15) is 14.4 Å². The Bertz CT molecular complexity index is 1330. The zero-order chi connectivity index (χ0) is 53.6. The molecule has 0 N–H and O–H groups in total. The highest BCUT2D eigenvalue weighted by Crippen LogP contribution is 2.17. The Morgan fingerprint density at radius 3 is 0.784 bits per heavy atom. The van der Waals surface area contributed by atoms with Gasteiger partial charge in [0.2, 0.25) is 0 Å². The van der Waals surface area contributed by atoms with Crippen LogP contribution in [0, 0.1) is 0 Å². The quantitative estimate of drug-likeness (QED) is 0.0261. The first-order valence-electron chi connectivity index (χ1n) is 32.3. The van der Waals surface area contributed by atoms with Crippen LogP contribution in [-0.2, 0) is 28.6 Å². The van der Waals surface area contributed by atoms with E-state index < -0.39 is 6.10 Å². The number of esters is 3. The predicted molar refractivity (Wildman–Crippen MR) is 321 cm³/mol. The second-order valence-electron chi connectivity index (χ2n) is 21.7. The van der Waals surface area contributed by atoms with Crippen molar-refractivity contribution in [3.8, 4) is 0 Å². The maximum Gasteiger partial charge on any atom is 0.306 e. The minimum Gasteiger partial charge on any atom is -0.462 e. The van der Waals surface area contributed by atoms with Gasteiger partial charge in [0.05, 0.1) is 0 Å². The molecule has 0 aromatic heterocycles. The smallest absolute Gasteiger partial charge is 0.306 e. The summed E-state index contributed by atoms with van der Waals surface area (Å²) in [6, 6.07) is 0. The van der Waals surface area contributed by atoms with Crippen molar-refractivity contribution in [3.05, 3.63) is 60.8 Å². The molecule has 0 saturated carbocycles. The highest BCUT2D eigenvalue weighted by molar-refractivity contribution is 5.71. The Labute approximate surface area is 460 Å². The Morgan fingerprint density at radius 1 is 0.270 bits per heavy atom. The highest BCUT2D eigenvalue weighted by atomic mass is 16.6. The van der Waals surface area contributed by atoms with Crippen LogP contribution in [0.5, 0.6) is 0 Å². The van der Waals surface area contributed by atoms with E-state index >= 15 is 0 Å². The zero-order valence-electron chi connectivity index (χ0n) is 49.4. The largest absolute Gasteiger partial charge is 0.462 e. The number of rotatable bonds is 59. The summed E-state index contributed by atoms with van der Waals surface area (Å²) < 4.78 is 16.9. The van der Waals surface area contributed by atoms with Crippen molar-refractivity contribution < 1.29 is 28.6 Å². The number of hydrogen-bond acceptors (Lipinski definition) is 6. The molecule has 0 heterocycles. The minimum absolute atomic E-state index is 0.0764. The minimum atomic E-state index is -0.780. The van der Waals surface area contributed by atoms with Crippen molar-refractivity contribution in [3.63, 3.8) is 0 Å². The van der Waals surface area contributed by atoms with Gasteiger partial charge in [-0.1, -0.05) is 287 Å². The second-order valence-corrected chi connectivity index (χ2v) is 21.7. The number of carbonyl (C=O) groups excluding carboxylic acids is 3. The average Bonchev–Trinajstić information content (AvgIpc) is 3.40. The Balaban J connectivity index is 4.28. The molecule has 6 nitrogen and oxygen atoms in total. The van der Waals surface area contributed by atoms with Crippen LogP contribution in [0.4, 0.5) is 0 Å². The topological polar surface area (TPSA) is 78.9 Å². The zero-order valence-corrected chi connectivity index (χ0v) is 49.4. The molecule has 0 bridgehead atoms. The molecule has 0 aromatic carbocycles. The van der Waals surface area contributed by atoms with E-state index in [1.807, 2.05) is 0 Å². The fourth-order valence-electron chi connectivity index (χ4n) is 9.36. The molecule has 0 aliphatic heterocycles. The molecule has 1 unspecified atom stereocenters. The van der Waals surface area contributed by atoms with Crippen LogP contribution >= 0.6 is 0 Å². The third kappa shape index (κ3) is 60.0. The molecule has 0 aliphatic carbocycles. The van der Waals surface area contributed by atoms with Crippen LogP contribution in [0.2, 0.25) is 0 Å². The fraction of sp³-hybridized carbons (Fsp3) is 0.809. The summed E-state index contributed by atoms with van der Waals surface area (Å²) in [6.45, 7) is 6.63. The molecule has 6 heteroatoms. The lowest BCUT2D eigenvalue weighted by Gasteiger charge is -2.18. The summed E-state index contributed by atoms with van der Waals surface area (Å²) in [7, 11) is 0. The van der Waals surface area contributed by atoms with Gasteiger partial charge in [-0.05, 0) is 89.9 Å². The third-order valence-corrected chi connectivity index (χ3v) is 14.2. The van der Waals surface area contributed by atoms with Gasteiger partial charge in [0, 0.05) is 19.3 Å². The van der Waals surface area contributed by atoms with Crippen LogP contribution < -0.4 is 0 Å². The van der Waals surface area contributed by atoms with Crippen LogP contribution in [0.3, 0.4) is 0 Å². The molecule has 0 aromatic rings. The van der Waals surface area contributed by atoms with Crippen molar-refractivity contribution in [2.24, 2.45) is 0 Å². The van der Waals surface area contributed by atoms with Crippen molar-refractivity contribution in [1.29, 1.82) is 0 Å². The molecule has 0 fully saturated rings. The summed E-state index contributed by atoms with van der Waals surface area (Å²) in [5, 5.41) is 0. The maximum atomic E-state index is 12.9. The molecule has 0 aliphatic rings. The van der Waals surface area contributed by atoms with E-state index in [1.54, 1.807) is 0 Å². The molecular weight excluding hydrogens is 913 g/mol. The van der Waals surface area contributed by atoms with Gasteiger partial charge < -0.3 is 14.2 Å². The van der Waals surface area contributed by atoms with Gasteiger partial charge in [0.15, 0.2) is 6.10 Å². The molecular formula is C68H122O6. The van der Waals surface area contributed by atoms with E-state index in [2.05, 4.69) is 81.5 Å². The van der Waals surface area contributed by atoms with E-state index in [-0.39, 0.29) is 31.1 Å². The first-order valence-corrected chi connectivity index (χ1v) is 32.3. The van der Waals surface area contributed by atoms with Crippen molar-refractivity contribution in [1.82, 2.24) is 0 Å². The van der Waals surface area contributed by atoms with Crippen molar-refractivity contribution in [2.45, 2.75) is 341 Å². The van der Waals surface area contributed by atoms with Gasteiger partial charge in [-0.25, -0.2) is 0 Å². The first-order chi connectivity index (χ1) is 36.5. The SMILES string of the molecule is CCCCC/C=C\C/C=C\C/C=C\CCCCCCCCC(=O)OC(COC(=O)CCCCCCCCCCCCCC)COC(=O)CCCCCCCCCCCCCCC/C=C\C/C=C\CCCCCCC. The molecule has 1 atom stereocenters. The molecule has 0 radical (unpaired) electrons. The number of ether oxygens (including phenoxy) is 3. The molecule has 0 amide bonds. The van der Waals surface area contributed by atoms with Crippen molar-refractivity contribution >= 4 is 17.9 Å². The van der Waals surface area contributed by atoms with Crippen LogP contribution in [0.15, 0.2) is 60.8 Å². The van der Waals surface area contributed by atoms with Crippen LogP contribution in [-0.4, -0.2) is 37.2 Å². The Morgan fingerprint density at radius 2 is 0.486 bits per heavy atom. The monoisotopic (exact) mass is 1030 g/mol. The first kappa shape index (κ1) is 71.1. The molecule has 0 spiro atoms. The molecule has 430 valence electrons. The Hall–Kier alpha value is -2.89. The lowest BCUT2D eigenvalue weighted by atomic mass is 10.0. The third-order valence-electron chi connectivity index (χ3n) is 14.2. The van der Waals surface area contributed by atoms with E-state index in [0.717, 1.165) is 83.5 Å². The Kier molecular flexibility index (Phi) is 60.2. The number of allylic oxidation sites excluding steroid dienone is 10. The summed E-state index contributed by atoms with van der Waals surface area (Å²) in [5.74, 6) is -0.873. The van der Waals surface area contributed by atoms with Crippen molar-refractivity contribution in [2.75, 3.05) is 13.2 Å². The highest BCUT2D eigenvalue weighted by Gasteiger charge is 2.19. The number of unbranched alkanes of at least 4 members (excludes halogenated alkanes) is 38. The normalized spacial score (nSPS) is 12.4. The average molecular weight is 1040 g/mol. The lowest BCUT2D eigenvalue weighted by Crippen LogP contribution is -2.30. The summed E-state index contributed by atoms with van der Waals surface area (Å²) in [5.41, 5.74) is 0. The second kappa shape index (κ2) is 62.6. The van der Waals surface area contributed by atoms with E-state index in [0.29, 0.717) is 19.3 Å². The van der Waals surface area contributed by atoms with E-state index in [1.165, 1.54) is 212 Å². The van der Waals surface area contributed by atoms with Gasteiger partial charge >= 0.3 is 17.9 Å². The van der Waals surface area contributed by atoms with E-state index in [4.69, 9.17) is 14.2 Å². The summed E-state index contributed by atoms with van der Waals surface area (Å²) in [6.07, 6.45) is 79.4. The molecule has 74 heavy (non-hydrogen) atoms. The standard InChI is InChI=1S/C68H122O6/c1-4-7-10-13-16-19-22-25-27-29-31-32-33-34-35-36-38-39-41-43-46-49-52-55-58-61-67(70)73-64-65(63-72-66(69)60-57-54-51-48-45-24-21-18-15-12-9-6-3)74-68(71)62-59-56-53-50-47-44-42-40-37-30-28-26-23-20-17-14-11-8-5-2/h17,20,22,25-26,28-29,31,37,40,65H,4-16,18-19,21,23-24,27,30,32-36,38-39,41-64H2,1-3H3/b20-17-,25-22-,28-26-,31-29-,40-37-. The summed E-state index contributed by atoms with van der Waals surface area (Å²) in [4.78, 5) is 38.3.